The lowest BCUT2D eigenvalue weighted by atomic mass is 9.85. The Morgan fingerprint density at radius 1 is 1.24 bits per heavy atom. The Morgan fingerprint density at radius 3 is 2.83 bits per heavy atom. The molecule has 0 aliphatic carbocycles. The first-order chi connectivity index (χ1) is 13.9. The van der Waals surface area contributed by atoms with E-state index in [2.05, 4.69) is 36.6 Å². The van der Waals surface area contributed by atoms with Gasteiger partial charge < -0.3 is 15.7 Å². The van der Waals surface area contributed by atoms with Crippen molar-refractivity contribution in [1.82, 2.24) is 10.6 Å². The fraction of sp³-hybridized carbons (Fsp3) is 0.391. The Hall–Kier alpha value is -2.86. The van der Waals surface area contributed by atoms with Gasteiger partial charge in [0.05, 0.1) is 6.04 Å². The molecule has 152 valence electrons. The highest BCUT2D eigenvalue weighted by Gasteiger charge is 2.35. The SMILES string of the molecule is CC1(C)NCCc2cc(N3C(=O)NCC3c3ccccc3CCC(=O)O)ccc21. The Labute approximate surface area is 170 Å². The van der Waals surface area contributed by atoms with Crippen molar-refractivity contribution in [3.63, 3.8) is 0 Å². The van der Waals surface area contributed by atoms with Crippen LogP contribution in [0, 0.1) is 0 Å². The number of hydrogen-bond donors (Lipinski definition) is 3. The molecule has 1 unspecified atom stereocenters. The van der Waals surface area contributed by atoms with Crippen molar-refractivity contribution >= 4 is 17.7 Å². The maximum absolute atomic E-state index is 12.7. The molecule has 1 atom stereocenters. The predicted molar refractivity (Wildman–Crippen MR) is 112 cm³/mol. The Balaban J connectivity index is 1.69. The topological polar surface area (TPSA) is 81.7 Å². The van der Waals surface area contributed by atoms with E-state index >= 15 is 0 Å². The standard InChI is InChI=1S/C23H27N3O3/c1-23(2)19-9-8-17(13-16(19)11-12-25-23)26-20(14-24-22(26)29)18-6-4-3-5-15(18)7-10-21(27)28/h3-6,8-9,13,20,25H,7,10-12,14H2,1-2H3,(H,24,29)(H,27,28). The van der Waals surface area contributed by atoms with Crippen LogP contribution in [0.2, 0.25) is 0 Å². The number of aliphatic carboxylic acids is 1. The minimum absolute atomic E-state index is 0.0754. The van der Waals surface area contributed by atoms with Crippen molar-refractivity contribution in [3.8, 4) is 0 Å². The number of amides is 2. The van der Waals surface area contributed by atoms with Gasteiger partial charge >= 0.3 is 12.0 Å². The number of nitrogens with one attached hydrogen (secondary N) is 2. The van der Waals surface area contributed by atoms with Crippen LogP contribution in [-0.2, 0) is 23.2 Å². The van der Waals surface area contributed by atoms with Crippen LogP contribution in [0.15, 0.2) is 42.5 Å². The summed E-state index contributed by atoms with van der Waals surface area (Å²) in [7, 11) is 0. The van der Waals surface area contributed by atoms with Gasteiger partial charge in [-0.3, -0.25) is 9.69 Å². The molecule has 29 heavy (non-hydrogen) atoms. The highest BCUT2D eigenvalue weighted by molar-refractivity contribution is 5.95. The second-order valence-corrected chi connectivity index (χ2v) is 8.31. The van der Waals surface area contributed by atoms with Gasteiger partial charge in [-0.15, -0.1) is 0 Å². The van der Waals surface area contributed by atoms with Gasteiger partial charge in [0, 0.05) is 24.2 Å². The quantitative estimate of drug-likeness (QED) is 0.728. The van der Waals surface area contributed by atoms with Gasteiger partial charge in [-0.2, -0.15) is 0 Å². The highest BCUT2D eigenvalue weighted by Crippen LogP contribution is 2.36. The largest absolute Gasteiger partial charge is 0.481 e. The zero-order chi connectivity index (χ0) is 20.6. The molecule has 0 saturated carbocycles. The van der Waals surface area contributed by atoms with E-state index in [1.165, 1.54) is 11.1 Å². The minimum Gasteiger partial charge on any atom is -0.481 e. The van der Waals surface area contributed by atoms with E-state index in [0.29, 0.717) is 13.0 Å². The van der Waals surface area contributed by atoms with E-state index in [1.54, 1.807) is 0 Å². The van der Waals surface area contributed by atoms with E-state index in [0.717, 1.165) is 29.8 Å². The van der Waals surface area contributed by atoms with E-state index in [-0.39, 0.29) is 24.0 Å². The van der Waals surface area contributed by atoms with Crippen molar-refractivity contribution in [2.75, 3.05) is 18.0 Å². The third-order valence-corrected chi connectivity index (χ3v) is 6.00. The molecule has 2 heterocycles. The van der Waals surface area contributed by atoms with E-state index in [9.17, 15) is 9.59 Å². The number of benzene rings is 2. The van der Waals surface area contributed by atoms with Crippen LogP contribution in [0.4, 0.5) is 10.5 Å². The van der Waals surface area contributed by atoms with E-state index in [4.69, 9.17) is 5.11 Å². The lowest BCUT2D eigenvalue weighted by Gasteiger charge is -2.35. The monoisotopic (exact) mass is 393 g/mol. The number of carboxylic acid groups (broad SMARTS) is 1. The fourth-order valence-electron chi connectivity index (χ4n) is 4.53. The summed E-state index contributed by atoms with van der Waals surface area (Å²) in [6.45, 7) is 5.77. The van der Waals surface area contributed by atoms with Gasteiger partial charge in [0.15, 0.2) is 0 Å². The number of carbonyl (C=O) groups excluding carboxylic acids is 1. The van der Waals surface area contributed by atoms with Crippen LogP contribution in [0.1, 0.15) is 48.6 Å². The van der Waals surface area contributed by atoms with Crippen LogP contribution in [0.3, 0.4) is 0 Å². The molecule has 0 spiro atoms. The van der Waals surface area contributed by atoms with Gasteiger partial charge in [0.25, 0.3) is 0 Å². The molecule has 2 amide bonds. The summed E-state index contributed by atoms with van der Waals surface area (Å²) in [5.41, 5.74) is 5.32. The third-order valence-electron chi connectivity index (χ3n) is 6.00. The van der Waals surface area contributed by atoms with Crippen molar-refractivity contribution in [2.45, 2.75) is 44.7 Å². The second kappa shape index (κ2) is 7.52. The minimum atomic E-state index is -0.816. The molecular formula is C23H27N3O3. The van der Waals surface area contributed by atoms with Gasteiger partial charge in [-0.1, -0.05) is 30.3 Å². The van der Waals surface area contributed by atoms with Crippen molar-refractivity contribution < 1.29 is 14.7 Å². The molecule has 6 heteroatoms. The average molecular weight is 393 g/mol. The molecule has 2 aromatic carbocycles. The first-order valence-electron chi connectivity index (χ1n) is 10.1. The number of anilines is 1. The third kappa shape index (κ3) is 3.72. The fourth-order valence-corrected chi connectivity index (χ4v) is 4.53. The molecule has 2 aliphatic heterocycles. The van der Waals surface area contributed by atoms with Crippen LogP contribution in [0.25, 0.3) is 0 Å². The first-order valence-corrected chi connectivity index (χ1v) is 10.1. The molecule has 2 aliphatic rings. The number of rotatable bonds is 5. The molecule has 3 N–H and O–H groups in total. The number of fused-ring (bicyclic) bond motifs is 1. The highest BCUT2D eigenvalue weighted by atomic mass is 16.4. The van der Waals surface area contributed by atoms with Crippen molar-refractivity contribution in [3.05, 3.63) is 64.7 Å². The first kappa shape index (κ1) is 19.5. The summed E-state index contributed by atoms with van der Waals surface area (Å²) in [6.07, 6.45) is 1.46. The summed E-state index contributed by atoms with van der Waals surface area (Å²) >= 11 is 0. The number of hydrogen-bond acceptors (Lipinski definition) is 3. The number of carbonyl (C=O) groups is 2. The van der Waals surface area contributed by atoms with E-state index < -0.39 is 5.97 Å². The predicted octanol–water partition coefficient (Wildman–Crippen LogP) is 3.36. The number of nitrogens with zero attached hydrogens (tertiary/aromatic N) is 1. The summed E-state index contributed by atoms with van der Waals surface area (Å²) in [5, 5.41) is 15.6. The Bertz CT molecular complexity index is 954. The Morgan fingerprint density at radius 2 is 2.03 bits per heavy atom. The Kier molecular flexibility index (Phi) is 5.04. The van der Waals surface area contributed by atoms with Gasteiger partial charge in [0.2, 0.25) is 0 Å². The lowest BCUT2D eigenvalue weighted by molar-refractivity contribution is -0.136. The zero-order valence-corrected chi connectivity index (χ0v) is 16.9. The van der Waals surface area contributed by atoms with Crippen LogP contribution in [0.5, 0.6) is 0 Å². The maximum atomic E-state index is 12.7. The average Bonchev–Trinajstić information content (AvgIpc) is 3.07. The number of aryl methyl sites for hydroxylation is 1. The number of carboxylic acids is 1. The molecule has 1 fully saturated rings. The summed E-state index contributed by atoms with van der Waals surface area (Å²) < 4.78 is 0. The summed E-state index contributed by atoms with van der Waals surface area (Å²) in [5.74, 6) is -0.816. The maximum Gasteiger partial charge on any atom is 0.322 e. The normalized spacial score (nSPS) is 20.3. The second-order valence-electron chi connectivity index (χ2n) is 8.31. The molecule has 0 radical (unpaired) electrons. The smallest absolute Gasteiger partial charge is 0.322 e. The van der Waals surface area contributed by atoms with Crippen LogP contribution >= 0.6 is 0 Å². The van der Waals surface area contributed by atoms with Gasteiger partial charge in [-0.25, -0.2) is 4.79 Å². The van der Waals surface area contributed by atoms with Crippen LogP contribution in [-0.4, -0.2) is 30.2 Å². The van der Waals surface area contributed by atoms with Crippen molar-refractivity contribution in [2.24, 2.45) is 0 Å². The number of urea groups is 1. The molecule has 6 nitrogen and oxygen atoms in total. The van der Waals surface area contributed by atoms with Gasteiger partial charge in [0.1, 0.15) is 0 Å². The molecule has 4 rings (SSSR count). The zero-order valence-electron chi connectivity index (χ0n) is 16.9. The molecule has 2 aromatic rings. The molecule has 0 bridgehead atoms. The molecular weight excluding hydrogens is 366 g/mol. The summed E-state index contributed by atoms with van der Waals surface area (Å²) in [6, 6.07) is 13.8. The van der Waals surface area contributed by atoms with Crippen molar-refractivity contribution in [1.29, 1.82) is 0 Å². The summed E-state index contributed by atoms with van der Waals surface area (Å²) in [4.78, 5) is 25.6. The van der Waals surface area contributed by atoms with Gasteiger partial charge in [-0.05, 0) is 67.6 Å². The van der Waals surface area contributed by atoms with Crippen LogP contribution < -0.4 is 15.5 Å². The molecule has 0 aromatic heterocycles. The molecule has 1 saturated heterocycles. The lowest BCUT2D eigenvalue weighted by Crippen LogP contribution is -2.42. The van der Waals surface area contributed by atoms with E-state index in [1.807, 2.05) is 35.2 Å².